The third kappa shape index (κ3) is 33.1. The summed E-state index contributed by atoms with van der Waals surface area (Å²) >= 11 is 0. The van der Waals surface area contributed by atoms with Crippen LogP contribution in [0.1, 0.15) is 245 Å². The molecule has 0 aromatic heterocycles. The summed E-state index contributed by atoms with van der Waals surface area (Å²) in [6.07, 6.45) is 39.9. The van der Waals surface area contributed by atoms with Crippen LogP contribution in [0, 0.1) is 0 Å². The lowest BCUT2D eigenvalue weighted by Gasteiger charge is -2.25. The highest BCUT2D eigenvalue weighted by Gasteiger charge is 2.20. The molecule has 55 heavy (non-hydrogen) atoms. The van der Waals surface area contributed by atoms with E-state index >= 15 is 0 Å². The van der Waals surface area contributed by atoms with E-state index in [1.54, 1.807) is 0 Å². The molecule has 1 fully saturated rings. The third-order valence-corrected chi connectivity index (χ3v) is 11.6. The number of ether oxygens (including phenoxy) is 2. The Balaban J connectivity index is 2.28. The fourth-order valence-corrected chi connectivity index (χ4v) is 7.93. The molecule has 0 aromatic carbocycles. The Labute approximate surface area is 341 Å². The second kappa shape index (κ2) is 39.2. The molecule has 7 nitrogen and oxygen atoms in total. The maximum absolute atomic E-state index is 13.3. The van der Waals surface area contributed by atoms with Gasteiger partial charge in [0, 0.05) is 25.9 Å². The summed E-state index contributed by atoms with van der Waals surface area (Å²) in [6, 6.07) is 0. The normalized spacial score (nSPS) is 13.2. The molecule has 0 aliphatic carbocycles. The van der Waals surface area contributed by atoms with Crippen LogP contribution in [0.15, 0.2) is 0 Å². The number of unbranched alkanes of at least 4 members (excludes halogenated alkanes) is 24. The molecule has 0 unspecified atom stereocenters. The summed E-state index contributed by atoms with van der Waals surface area (Å²) in [4.78, 5) is 42.7. The van der Waals surface area contributed by atoms with E-state index in [1.165, 1.54) is 135 Å². The Hall–Kier alpha value is -1.63. The Bertz CT molecular complexity index is 860. The molecule has 1 rings (SSSR count). The number of carbonyl (C=O) groups excluding carboxylic acids is 3. The van der Waals surface area contributed by atoms with Gasteiger partial charge in [0.25, 0.3) is 0 Å². The van der Waals surface area contributed by atoms with Crippen molar-refractivity contribution < 1.29 is 23.9 Å². The minimum absolute atomic E-state index is 0.00674. The topological polar surface area (TPSA) is 76.1 Å². The van der Waals surface area contributed by atoms with Gasteiger partial charge in [0.15, 0.2) is 0 Å². The van der Waals surface area contributed by atoms with Gasteiger partial charge in [0.2, 0.25) is 5.91 Å². The lowest BCUT2D eigenvalue weighted by atomic mass is 10.0. The van der Waals surface area contributed by atoms with Gasteiger partial charge in [0.05, 0.1) is 13.2 Å². The number of carbonyl (C=O) groups is 3. The smallest absolute Gasteiger partial charge is 0.306 e. The van der Waals surface area contributed by atoms with E-state index in [0.717, 1.165) is 103 Å². The molecule has 1 heterocycles. The van der Waals surface area contributed by atoms with Crippen LogP contribution in [-0.2, 0) is 23.9 Å². The van der Waals surface area contributed by atoms with Gasteiger partial charge >= 0.3 is 11.9 Å². The van der Waals surface area contributed by atoms with Crippen LogP contribution in [0.4, 0.5) is 0 Å². The summed E-state index contributed by atoms with van der Waals surface area (Å²) in [5, 5.41) is 0. The Kier molecular flexibility index (Phi) is 36.6. The van der Waals surface area contributed by atoms with Gasteiger partial charge in [-0.2, -0.15) is 0 Å². The van der Waals surface area contributed by atoms with Crippen molar-refractivity contribution in [3.8, 4) is 0 Å². The maximum Gasteiger partial charge on any atom is 0.306 e. The highest BCUT2D eigenvalue weighted by molar-refractivity contribution is 5.78. The number of rotatable bonds is 41. The molecule has 0 bridgehead atoms. The largest absolute Gasteiger partial charge is 0.466 e. The van der Waals surface area contributed by atoms with E-state index in [-0.39, 0.29) is 23.9 Å². The molecule has 324 valence electrons. The van der Waals surface area contributed by atoms with Crippen molar-refractivity contribution in [3.05, 3.63) is 0 Å². The zero-order chi connectivity index (χ0) is 39.9. The van der Waals surface area contributed by atoms with Crippen molar-refractivity contribution in [2.75, 3.05) is 39.3 Å². The van der Waals surface area contributed by atoms with Crippen LogP contribution in [0.25, 0.3) is 0 Å². The first-order valence-electron chi connectivity index (χ1n) is 24.3. The Morgan fingerprint density at radius 3 is 1.40 bits per heavy atom. The van der Waals surface area contributed by atoms with Crippen LogP contribution in [0.5, 0.6) is 0 Å². The average molecular weight is 777 g/mol. The Morgan fingerprint density at radius 2 is 0.891 bits per heavy atom. The molecule has 0 N–H and O–H groups in total. The van der Waals surface area contributed by atoms with Gasteiger partial charge in [-0.3, -0.25) is 19.3 Å². The predicted octanol–water partition coefficient (Wildman–Crippen LogP) is 13.3. The quantitative estimate of drug-likeness (QED) is 0.0455. The molecule has 0 spiro atoms. The lowest BCUT2D eigenvalue weighted by molar-refractivity contribution is -0.150. The van der Waals surface area contributed by atoms with Gasteiger partial charge in [-0.15, -0.1) is 0 Å². The Morgan fingerprint density at radius 1 is 0.491 bits per heavy atom. The molecule has 0 radical (unpaired) electrons. The van der Waals surface area contributed by atoms with Crippen molar-refractivity contribution in [2.45, 2.75) is 252 Å². The van der Waals surface area contributed by atoms with Crippen LogP contribution in [0.3, 0.4) is 0 Å². The van der Waals surface area contributed by atoms with Gasteiger partial charge in [-0.1, -0.05) is 162 Å². The number of esters is 2. The third-order valence-electron chi connectivity index (χ3n) is 11.6. The van der Waals surface area contributed by atoms with E-state index in [4.69, 9.17) is 9.47 Å². The molecule has 1 aliphatic rings. The molecule has 1 aliphatic heterocycles. The molecular formula is C48H92N2O5. The number of amides is 1. The number of likely N-dealkylation sites (tertiary alicyclic amines) is 1. The average Bonchev–Trinajstić information content (AvgIpc) is 3.69. The van der Waals surface area contributed by atoms with Crippen molar-refractivity contribution in [1.82, 2.24) is 9.80 Å². The second-order valence-corrected chi connectivity index (χ2v) is 17.0. The molecule has 0 aromatic rings. The van der Waals surface area contributed by atoms with Crippen LogP contribution < -0.4 is 0 Å². The summed E-state index contributed by atoms with van der Waals surface area (Å²) in [7, 11) is 0. The predicted molar refractivity (Wildman–Crippen MR) is 232 cm³/mol. The van der Waals surface area contributed by atoms with E-state index in [2.05, 4.69) is 30.6 Å². The first kappa shape index (κ1) is 51.4. The summed E-state index contributed by atoms with van der Waals surface area (Å²) < 4.78 is 11.5. The summed E-state index contributed by atoms with van der Waals surface area (Å²) in [5.41, 5.74) is 0. The summed E-state index contributed by atoms with van der Waals surface area (Å²) in [6.45, 7) is 11.5. The van der Waals surface area contributed by atoms with Crippen molar-refractivity contribution in [1.29, 1.82) is 0 Å². The molecular weight excluding hydrogens is 685 g/mol. The fraction of sp³-hybridized carbons (Fsp3) is 0.938. The number of hydrogen-bond acceptors (Lipinski definition) is 6. The maximum atomic E-state index is 13.3. The molecule has 0 saturated carbocycles. The summed E-state index contributed by atoms with van der Waals surface area (Å²) in [5.74, 6) is 0.171. The minimum atomic E-state index is -0.0732. The molecule has 1 saturated heterocycles. The van der Waals surface area contributed by atoms with E-state index in [1.807, 2.05) is 0 Å². The van der Waals surface area contributed by atoms with Crippen LogP contribution in [0.2, 0.25) is 0 Å². The fourth-order valence-electron chi connectivity index (χ4n) is 7.93. The van der Waals surface area contributed by atoms with E-state index in [9.17, 15) is 14.4 Å². The zero-order valence-corrected chi connectivity index (χ0v) is 37.0. The van der Waals surface area contributed by atoms with Crippen molar-refractivity contribution in [3.63, 3.8) is 0 Å². The molecule has 7 heteroatoms. The molecule has 0 atom stereocenters. The van der Waals surface area contributed by atoms with Crippen molar-refractivity contribution in [2.24, 2.45) is 0 Å². The zero-order valence-electron chi connectivity index (χ0n) is 37.0. The van der Waals surface area contributed by atoms with Gasteiger partial charge in [-0.05, 0) is 83.7 Å². The van der Waals surface area contributed by atoms with Gasteiger partial charge in [0.1, 0.15) is 6.10 Å². The molecule has 1 amide bonds. The highest BCUT2D eigenvalue weighted by atomic mass is 16.5. The number of nitrogens with zero attached hydrogens (tertiary/aromatic N) is 2. The minimum Gasteiger partial charge on any atom is -0.466 e. The number of hydrogen-bond donors (Lipinski definition) is 0. The first-order chi connectivity index (χ1) is 27.0. The van der Waals surface area contributed by atoms with Crippen molar-refractivity contribution >= 4 is 17.8 Å². The van der Waals surface area contributed by atoms with Crippen LogP contribution in [-0.4, -0.2) is 73.1 Å². The standard InChI is InChI=1S/C48H92N2O5/c1-4-7-10-13-16-17-18-24-34-43-54-47(52)37-29-25-31-42-50(46(51)44-49-39-32-33-40-49)41-30-23-19-22-28-38-48(53)55-45(35-26-20-14-11-8-5-2)36-27-21-15-12-9-6-3/h45H,4-44H2,1-3H3. The van der Waals surface area contributed by atoms with Gasteiger partial charge in [-0.25, -0.2) is 0 Å². The first-order valence-corrected chi connectivity index (χ1v) is 24.3. The second-order valence-electron chi connectivity index (χ2n) is 17.0. The SMILES string of the molecule is CCCCCCCCCCCOC(=O)CCCCCN(CCCCCCCC(=O)OC(CCCCCCCC)CCCCCCCC)C(=O)CN1CCCC1. The van der Waals surface area contributed by atoms with E-state index in [0.29, 0.717) is 26.0 Å². The monoisotopic (exact) mass is 777 g/mol. The van der Waals surface area contributed by atoms with Crippen LogP contribution >= 0.6 is 0 Å². The lowest BCUT2D eigenvalue weighted by Crippen LogP contribution is -2.40. The highest BCUT2D eigenvalue weighted by Crippen LogP contribution is 2.19. The van der Waals surface area contributed by atoms with E-state index < -0.39 is 0 Å². The van der Waals surface area contributed by atoms with Gasteiger partial charge < -0.3 is 14.4 Å².